The molecule has 0 saturated carbocycles. The summed E-state index contributed by atoms with van der Waals surface area (Å²) in [7, 11) is 0.0223. The number of benzene rings is 10. The van der Waals surface area contributed by atoms with Crippen LogP contribution in [0.3, 0.4) is 0 Å². The van der Waals surface area contributed by atoms with Gasteiger partial charge in [-0.15, -0.1) is 0 Å². The molecule has 290 valence electrons. The fraction of sp³-hybridized carbons (Fsp3) is 0.0526. The van der Waals surface area contributed by atoms with Crippen molar-refractivity contribution >= 4 is 101 Å². The molecule has 0 amide bonds. The Morgan fingerprint density at radius 3 is 1.87 bits per heavy atom. The van der Waals surface area contributed by atoms with Crippen LogP contribution in [0.1, 0.15) is 0 Å². The fourth-order valence-electron chi connectivity index (χ4n) is 10.2. The van der Waals surface area contributed by atoms with Crippen molar-refractivity contribution in [3.63, 3.8) is 0 Å². The summed E-state index contributed by atoms with van der Waals surface area (Å²) >= 11 is 0. The van der Waals surface area contributed by atoms with Crippen LogP contribution in [0.2, 0.25) is 13.1 Å². The lowest BCUT2D eigenvalue weighted by atomic mass is 9.89. The zero-order valence-electron chi connectivity index (χ0n) is 34.4. The number of anilines is 5. The van der Waals surface area contributed by atoms with Gasteiger partial charge in [-0.2, -0.15) is 0 Å². The number of hydrogen-bond acceptors (Lipinski definition) is 3. The van der Waals surface area contributed by atoms with Crippen molar-refractivity contribution in [3.8, 4) is 22.3 Å². The smallest absolute Gasteiger partial charge is 0.137 e. The Balaban J connectivity index is 1.14. The minimum atomic E-state index is -2.15. The van der Waals surface area contributed by atoms with E-state index >= 15 is 0 Å². The molecule has 0 spiro atoms. The fourth-order valence-corrected chi connectivity index (χ4v) is 13.3. The van der Waals surface area contributed by atoms with Crippen molar-refractivity contribution in [1.82, 2.24) is 0 Å². The van der Waals surface area contributed by atoms with Crippen molar-refractivity contribution in [2.45, 2.75) is 13.1 Å². The number of hydrogen-bond donors (Lipinski definition) is 0. The summed E-state index contributed by atoms with van der Waals surface area (Å²) < 4.78 is 6.56. The lowest BCUT2D eigenvalue weighted by molar-refractivity contribution is 0.669. The second-order valence-electron chi connectivity index (χ2n) is 16.9. The lowest BCUT2D eigenvalue weighted by Crippen LogP contribution is -2.56. The molecule has 0 radical (unpaired) electrons. The molecule has 4 heteroatoms. The van der Waals surface area contributed by atoms with Crippen LogP contribution in [-0.2, 0) is 0 Å². The molecule has 1 aliphatic heterocycles. The van der Waals surface area contributed by atoms with E-state index in [1.54, 1.807) is 0 Å². The largest absolute Gasteiger partial charge is 0.456 e. The molecule has 0 atom stereocenters. The molecule has 11 aromatic rings. The highest BCUT2D eigenvalue weighted by molar-refractivity contribution is 7.03. The average molecular weight is 799 g/mol. The predicted molar refractivity (Wildman–Crippen MR) is 263 cm³/mol. The minimum absolute atomic E-state index is 0.872. The zero-order valence-corrected chi connectivity index (χ0v) is 35.4. The molecule has 0 aliphatic carbocycles. The number of furan rings is 1. The Hall–Kier alpha value is -7.40. The van der Waals surface area contributed by atoms with Gasteiger partial charge in [0.2, 0.25) is 0 Å². The van der Waals surface area contributed by atoms with Crippen LogP contribution < -0.4 is 20.2 Å². The normalized spacial score (nSPS) is 13.0. The molecule has 1 aromatic heterocycles. The summed E-state index contributed by atoms with van der Waals surface area (Å²) in [6.45, 7) is 5.06. The van der Waals surface area contributed by atoms with E-state index in [9.17, 15) is 0 Å². The molecule has 3 nitrogen and oxygen atoms in total. The minimum Gasteiger partial charge on any atom is -0.456 e. The van der Waals surface area contributed by atoms with Crippen LogP contribution in [0, 0.1) is 0 Å². The first-order valence-corrected chi connectivity index (χ1v) is 24.2. The van der Waals surface area contributed by atoms with Crippen LogP contribution in [0.4, 0.5) is 28.4 Å². The van der Waals surface area contributed by atoms with E-state index in [1.807, 2.05) is 6.07 Å². The summed E-state index contributed by atoms with van der Waals surface area (Å²) in [6.07, 6.45) is 0. The van der Waals surface area contributed by atoms with Gasteiger partial charge in [0.1, 0.15) is 19.2 Å². The van der Waals surface area contributed by atoms with Gasteiger partial charge in [-0.25, -0.2) is 0 Å². The third kappa shape index (κ3) is 5.42. The summed E-state index contributed by atoms with van der Waals surface area (Å²) in [5.74, 6) is 0. The SMILES string of the molecule is CN(c1ccccc1)c1ccc2c(c1)[Si](C)(C)c1cccc3c1c-2cc1c2ccccc2c(N(c2ccc4c(c2)oc2ccccc24)c2ccccc2-c2ccccc2)cc31. The summed E-state index contributed by atoms with van der Waals surface area (Å²) in [5, 5.41) is 12.9. The highest BCUT2D eigenvalue weighted by atomic mass is 28.3. The van der Waals surface area contributed by atoms with Gasteiger partial charge in [0.25, 0.3) is 0 Å². The molecule has 0 unspecified atom stereocenters. The van der Waals surface area contributed by atoms with Crippen molar-refractivity contribution in [3.05, 3.63) is 200 Å². The van der Waals surface area contributed by atoms with E-state index in [0.717, 1.165) is 44.6 Å². The summed E-state index contributed by atoms with van der Waals surface area (Å²) in [5.41, 5.74) is 12.5. The number of fused-ring (bicyclic) bond motifs is 9. The molecule has 2 heterocycles. The zero-order chi connectivity index (χ0) is 40.8. The summed E-state index contributed by atoms with van der Waals surface area (Å²) in [6, 6.07) is 73.5. The first kappa shape index (κ1) is 35.5. The molecule has 1 aliphatic rings. The molecular weight excluding hydrogens is 757 g/mol. The van der Waals surface area contributed by atoms with Crippen LogP contribution >= 0.6 is 0 Å². The van der Waals surface area contributed by atoms with Gasteiger partial charge in [0.15, 0.2) is 0 Å². The molecule has 61 heavy (non-hydrogen) atoms. The Morgan fingerprint density at radius 2 is 1.03 bits per heavy atom. The maximum atomic E-state index is 6.56. The third-order valence-electron chi connectivity index (χ3n) is 13.2. The van der Waals surface area contributed by atoms with Gasteiger partial charge < -0.3 is 14.2 Å². The molecule has 0 fully saturated rings. The van der Waals surface area contributed by atoms with Crippen molar-refractivity contribution < 1.29 is 4.42 Å². The van der Waals surface area contributed by atoms with Crippen LogP contribution in [0.15, 0.2) is 205 Å². The van der Waals surface area contributed by atoms with E-state index < -0.39 is 8.07 Å². The standard InChI is InChI=1S/C57H42N2OSi/c1-58(38-19-8-5-9-20-38)39-29-32-46-50-35-48-42-22-10-11-23-43(42)52(36-49(48)47-25-16-28-55(57(47)50)61(2,3)56(46)34-39)59(51-26-14-12-21-41(51)37-17-6-4-7-18-37)40-30-31-45-44-24-13-15-27-53(44)60-54(45)33-40/h4-36H,1-3H3. The molecule has 10 aromatic carbocycles. The molecule has 12 rings (SSSR count). The van der Waals surface area contributed by atoms with Crippen molar-refractivity contribution in [2.24, 2.45) is 0 Å². The van der Waals surface area contributed by atoms with E-state index in [0.29, 0.717) is 0 Å². The third-order valence-corrected chi connectivity index (χ3v) is 16.8. The van der Waals surface area contributed by atoms with Gasteiger partial charge in [0.05, 0.1) is 11.4 Å². The lowest BCUT2D eigenvalue weighted by Gasteiger charge is -2.35. The van der Waals surface area contributed by atoms with E-state index in [4.69, 9.17) is 4.42 Å². The highest BCUT2D eigenvalue weighted by Gasteiger charge is 2.36. The monoisotopic (exact) mass is 798 g/mol. The topological polar surface area (TPSA) is 19.6 Å². The highest BCUT2D eigenvalue weighted by Crippen LogP contribution is 2.49. The molecular formula is C57H42N2OSi. The van der Waals surface area contributed by atoms with Gasteiger partial charge in [0, 0.05) is 51.9 Å². The molecule has 0 bridgehead atoms. The van der Waals surface area contributed by atoms with E-state index in [-0.39, 0.29) is 0 Å². The first-order valence-electron chi connectivity index (χ1n) is 21.2. The quantitative estimate of drug-likeness (QED) is 0.123. The van der Waals surface area contributed by atoms with Gasteiger partial charge in [-0.3, -0.25) is 0 Å². The first-order chi connectivity index (χ1) is 29.9. The Kier molecular flexibility index (Phi) is 7.90. The van der Waals surface area contributed by atoms with Gasteiger partial charge >= 0.3 is 0 Å². The van der Waals surface area contributed by atoms with Gasteiger partial charge in [-0.05, 0) is 115 Å². The number of nitrogens with zero attached hydrogens (tertiary/aromatic N) is 2. The van der Waals surface area contributed by atoms with E-state index in [2.05, 4.69) is 224 Å². The Morgan fingerprint density at radius 1 is 0.377 bits per heavy atom. The molecule has 0 N–H and O–H groups in total. The van der Waals surface area contributed by atoms with Crippen molar-refractivity contribution in [2.75, 3.05) is 16.8 Å². The number of rotatable bonds is 6. The predicted octanol–water partition coefficient (Wildman–Crippen LogP) is 14.8. The van der Waals surface area contributed by atoms with Crippen LogP contribution in [-0.4, -0.2) is 15.1 Å². The molecule has 0 saturated heterocycles. The van der Waals surface area contributed by atoms with Crippen molar-refractivity contribution in [1.29, 1.82) is 0 Å². The summed E-state index contributed by atoms with van der Waals surface area (Å²) in [4.78, 5) is 4.77. The second kappa shape index (κ2) is 13.6. The average Bonchev–Trinajstić information content (AvgIpc) is 3.69. The second-order valence-corrected chi connectivity index (χ2v) is 21.3. The van der Waals surface area contributed by atoms with Crippen LogP contribution in [0.25, 0.3) is 76.5 Å². The van der Waals surface area contributed by atoms with Crippen LogP contribution in [0.5, 0.6) is 0 Å². The maximum absolute atomic E-state index is 6.56. The Labute approximate surface area is 356 Å². The maximum Gasteiger partial charge on any atom is 0.137 e. The van der Waals surface area contributed by atoms with E-state index in [1.165, 1.54) is 70.8 Å². The van der Waals surface area contributed by atoms with Gasteiger partial charge in [-0.1, -0.05) is 147 Å². The Bertz CT molecular complexity index is 3540. The number of para-hydroxylation sites is 3.